The molecule has 2 aromatic heterocycles. The standard InChI is InChI=1S/C33H41N7O2S/c34-31(41)30-32(36-24-9-7-21(8-10-24)22-13-16-39(17-14-22)26-11-12-26)38-29(19-35-30)40-15-3-5-25(20-40)37-33(42)28-18-23-4-1-2-6-27(23)43-28/h7-10,18-19,22,25-26H,1-6,11-17,20H2,(H2,34,41)(H,36,38)(H,37,42). The van der Waals surface area contributed by atoms with E-state index < -0.39 is 5.91 Å². The predicted octanol–water partition coefficient (Wildman–Crippen LogP) is 5.00. The Kier molecular flexibility index (Phi) is 8.05. The molecule has 3 aromatic rings. The number of nitrogens with zero attached hydrogens (tertiary/aromatic N) is 4. The number of anilines is 3. The molecular weight excluding hydrogens is 558 g/mol. The monoisotopic (exact) mass is 599 g/mol. The lowest BCUT2D eigenvalue weighted by Crippen LogP contribution is -2.48. The molecule has 0 bridgehead atoms. The van der Waals surface area contributed by atoms with Gasteiger partial charge in [0, 0.05) is 35.7 Å². The number of piperidine rings is 2. The maximum Gasteiger partial charge on any atom is 0.271 e. The molecule has 9 nitrogen and oxygen atoms in total. The Hall–Kier alpha value is -3.50. The van der Waals surface area contributed by atoms with Gasteiger partial charge in [-0.2, -0.15) is 0 Å². The van der Waals surface area contributed by atoms with Crippen LogP contribution in [0.3, 0.4) is 0 Å². The summed E-state index contributed by atoms with van der Waals surface area (Å²) in [4.78, 5) is 41.5. The van der Waals surface area contributed by atoms with E-state index in [0.29, 0.717) is 24.1 Å². The molecule has 226 valence electrons. The summed E-state index contributed by atoms with van der Waals surface area (Å²) < 4.78 is 0. The topological polar surface area (TPSA) is 116 Å². The second-order valence-electron chi connectivity index (χ2n) is 12.6. The molecule has 1 atom stereocenters. The van der Waals surface area contributed by atoms with Crippen LogP contribution >= 0.6 is 11.3 Å². The Morgan fingerprint density at radius 1 is 0.953 bits per heavy atom. The molecule has 4 N–H and O–H groups in total. The maximum atomic E-state index is 13.1. The summed E-state index contributed by atoms with van der Waals surface area (Å²) in [5.41, 5.74) is 9.34. The molecule has 2 aliphatic carbocycles. The molecule has 10 heteroatoms. The van der Waals surface area contributed by atoms with E-state index >= 15 is 0 Å². The molecule has 4 aliphatic rings. The van der Waals surface area contributed by atoms with Gasteiger partial charge in [-0.25, -0.2) is 9.97 Å². The first kappa shape index (κ1) is 28.3. The Labute approximate surface area is 257 Å². The fourth-order valence-electron chi connectivity index (χ4n) is 6.97. The van der Waals surface area contributed by atoms with E-state index in [2.05, 4.69) is 55.7 Å². The van der Waals surface area contributed by atoms with Gasteiger partial charge in [-0.15, -0.1) is 11.3 Å². The number of carbonyl (C=O) groups excluding carboxylic acids is 2. The zero-order valence-corrected chi connectivity index (χ0v) is 25.5. The number of benzene rings is 1. The number of aryl methyl sites for hydroxylation is 2. The second-order valence-corrected chi connectivity index (χ2v) is 13.7. The highest BCUT2D eigenvalue weighted by atomic mass is 32.1. The Morgan fingerprint density at radius 2 is 1.74 bits per heavy atom. The van der Waals surface area contributed by atoms with Gasteiger partial charge in [0.15, 0.2) is 11.5 Å². The van der Waals surface area contributed by atoms with E-state index in [4.69, 9.17) is 10.7 Å². The van der Waals surface area contributed by atoms with Gasteiger partial charge in [0.25, 0.3) is 11.8 Å². The van der Waals surface area contributed by atoms with Gasteiger partial charge in [0.05, 0.1) is 11.1 Å². The molecule has 2 saturated heterocycles. The molecule has 43 heavy (non-hydrogen) atoms. The molecule has 0 spiro atoms. The average molecular weight is 600 g/mol. The number of fused-ring (bicyclic) bond motifs is 1. The molecule has 3 fully saturated rings. The van der Waals surface area contributed by atoms with Crippen LogP contribution in [-0.2, 0) is 12.8 Å². The summed E-state index contributed by atoms with van der Waals surface area (Å²) >= 11 is 1.65. The second kappa shape index (κ2) is 12.2. The summed E-state index contributed by atoms with van der Waals surface area (Å²) in [6.07, 6.45) is 13.2. The highest BCUT2D eigenvalue weighted by Gasteiger charge is 2.32. The molecule has 4 heterocycles. The molecular formula is C33H41N7O2S. The number of nitrogens with two attached hydrogens (primary N) is 1. The van der Waals surface area contributed by atoms with Crippen LogP contribution in [0.5, 0.6) is 0 Å². The summed E-state index contributed by atoms with van der Waals surface area (Å²) in [6.45, 7) is 3.82. The van der Waals surface area contributed by atoms with Crippen molar-refractivity contribution in [2.45, 2.75) is 82.2 Å². The van der Waals surface area contributed by atoms with Crippen LogP contribution in [0.1, 0.15) is 93.4 Å². The highest BCUT2D eigenvalue weighted by Crippen LogP contribution is 2.35. The van der Waals surface area contributed by atoms with Crippen LogP contribution in [0.15, 0.2) is 36.5 Å². The first-order valence-corrected chi connectivity index (χ1v) is 16.8. The maximum absolute atomic E-state index is 13.1. The van der Waals surface area contributed by atoms with Gasteiger partial charge >= 0.3 is 0 Å². The number of hydrogen-bond donors (Lipinski definition) is 3. The van der Waals surface area contributed by atoms with Gasteiger partial charge in [-0.1, -0.05) is 12.1 Å². The Morgan fingerprint density at radius 3 is 2.49 bits per heavy atom. The number of rotatable bonds is 8. The zero-order valence-electron chi connectivity index (χ0n) is 24.7. The van der Waals surface area contributed by atoms with Gasteiger partial charge in [-0.05, 0) is 113 Å². The van der Waals surface area contributed by atoms with Crippen molar-refractivity contribution in [3.05, 3.63) is 63.1 Å². The Bertz CT molecular complexity index is 1450. The molecule has 1 aromatic carbocycles. The van der Waals surface area contributed by atoms with Crippen molar-refractivity contribution in [2.24, 2.45) is 5.73 Å². The van der Waals surface area contributed by atoms with Crippen molar-refractivity contribution in [1.29, 1.82) is 0 Å². The van der Waals surface area contributed by atoms with E-state index in [-0.39, 0.29) is 17.6 Å². The zero-order chi connectivity index (χ0) is 29.3. The van der Waals surface area contributed by atoms with Crippen molar-refractivity contribution < 1.29 is 9.59 Å². The molecule has 2 aliphatic heterocycles. The predicted molar refractivity (Wildman–Crippen MR) is 171 cm³/mol. The fourth-order valence-corrected chi connectivity index (χ4v) is 8.13. The summed E-state index contributed by atoms with van der Waals surface area (Å²) in [7, 11) is 0. The molecule has 1 saturated carbocycles. The van der Waals surface area contributed by atoms with Crippen molar-refractivity contribution in [3.8, 4) is 0 Å². The average Bonchev–Trinajstić information content (AvgIpc) is 3.79. The van der Waals surface area contributed by atoms with Crippen LogP contribution in [0.4, 0.5) is 17.3 Å². The Balaban J connectivity index is 1.01. The first-order valence-electron chi connectivity index (χ1n) is 16.0. The lowest BCUT2D eigenvalue weighted by molar-refractivity contribution is 0.0935. The number of thiophene rings is 1. The van der Waals surface area contributed by atoms with Crippen LogP contribution < -0.4 is 21.3 Å². The number of aromatic nitrogens is 2. The third-order valence-electron chi connectivity index (χ3n) is 9.53. The number of carbonyl (C=O) groups is 2. The van der Waals surface area contributed by atoms with E-state index in [1.165, 1.54) is 67.6 Å². The number of amides is 2. The fraction of sp³-hybridized carbons (Fsp3) is 0.515. The van der Waals surface area contributed by atoms with E-state index in [0.717, 1.165) is 48.8 Å². The minimum absolute atomic E-state index is 0.0121. The van der Waals surface area contributed by atoms with E-state index in [9.17, 15) is 9.59 Å². The molecule has 0 radical (unpaired) electrons. The lowest BCUT2D eigenvalue weighted by Gasteiger charge is -2.34. The molecule has 2 amide bonds. The van der Waals surface area contributed by atoms with Gasteiger partial charge in [0.2, 0.25) is 0 Å². The van der Waals surface area contributed by atoms with Crippen molar-refractivity contribution in [1.82, 2.24) is 20.2 Å². The van der Waals surface area contributed by atoms with Gasteiger partial charge in [0.1, 0.15) is 5.82 Å². The normalized spacial score (nSPS) is 21.3. The number of hydrogen-bond acceptors (Lipinski definition) is 8. The quantitative estimate of drug-likeness (QED) is 0.334. The van der Waals surface area contributed by atoms with Crippen molar-refractivity contribution >= 4 is 40.5 Å². The van der Waals surface area contributed by atoms with Gasteiger partial charge in [-0.3, -0.25) is 9.59 Å². The summed E-state index contributed by atoms with van der Waals surface area (Å²) in [5.74, 6) is 0.998. The van der Waals surface area contributed by atoms with Crippen LogP contribution in [0, 0.1) is 0 Å². The van der Waals surface area contributed by atoms with Crippen molar-refractivity contribution in [3.63, 3.8) is 0 Å². The number of primary amides is 1. The smallest absolute Gasteiger partial charge is 0.271 e. The van der Waals surface area contributed by atoms with Gasteiger partial charge < -0.3 is 26.2 Å². The third kappa shape index (κ3) is 6.40. The third-order valence-corrected chi connectivity index (χ3v) is 10.8. The molecule has 1 unspecified atom stereocenters. The minimum Gasteiger partial charge on any atom is -0.364 e. The number of nitrogens with one attached hydrogen (secondary N) is 2. The summed E-state index contributed by atoms with van der Waals surface area (Å²) in [5, 5.41) is 6.57. The summed E-state index contributed by atoms with van der Waals surface area (Å²) in [6, 6.07) is 11.4. The first-order chi connectivity index (χ1) is 21.0. The number of likely N-dealkylation sites (tertiary alicyclic amines) is 1. The molecule has 7 rings (SSSR count). The van der Waals surface area contributed by atoms with Crippen LogP contribution in [-0.4, -0.2) is 64.9 Å². The van der Waals surface area contributed by atoms with E-state index in [1.807, 2.05) is 0 Å². The lowest BCUT2D eigenvalue weighted by atomic mass is 9.89. The van der Waals surface area contributed by atoms with Crippen molar-refractivity contribution in [2.75, 3.05) is 36.4 Å². The minimum atomic E-state index is -0.622. The SMILES string of the molecule is NC(=O)c1ncc(N2CCCC(NC(=O)c3cc4c(s3)CCCC4)C2)nc1Nc1ccc(C2CCN(C3CC3)CC2)cc1. The largest absolute Gasteiger partial charge is 0.364 e. The van der Waals surface area contributed by atoms with Crippen LogP contribution in [0.2, 0.25) is 0 Å². The van der Waals surface area contributed by atoms with Crippen LogP contribution in [0.25, 0.3) is 0 Å². The van der Waals surface area contributed by atoms with E-state index in [1.54, 1.807) is 17.5 Å². The highest BCUT2D eigenvalue weighted by molar-refractivity contribution is 7.14.